The van der Waals surface area contributed by atoms with Crippen molar-refractivity contribution in [3.63, 3.8) is 0 Å². The predicted octanol–water partition coefficient (Wildman–Crippen LogP) is 4.91. The summed E-state index contributed by atoms with van der Waals surface area (Å²) in [5, 5.41) is 3.66. The molecule has 1 atom stereocenters. The number of nitrogens with one attached hydrogen (secondary N) is 1. The Morgan fingerprint density at radius 2 is 2.07 bits per heavy atom. The molecule has 0 spiro atoms. The smallest absolute Gasteiger partial charge is 0.248 e. The van der Waals surface area contributed by atoms with Crippen LogP contribution in [0.3, 0.4) is 0 Å². The van der Waals surface area contributed by atoms with Crippen LogP contribution in [0.2, 0.25) is 4.34 Å². The summed E-state index contributed by atoms with van der Waals surface area (Å²) in [4.78, 5) is 31.2. The fraction of sp³-hybridized carbons (Fsp3) is 0.450. The molecule has 1 amide bonds. The van der Waals surface area contributed by atoms with E-state index in [1.165, 1.54) is 42.9 Å². The van der Waals surface area contributed by atoms with Gasteiger partial charge in [0.1, 0.15) is 10.4 Å². The number of fused-ring (bicyclic) bond motifs is 1. The van der Waals surface area contributed by atoms with Crippen molar-refractivity contribution in [3.05, 3.63) is 45.1 Å². The van der Waals surface area contributed by atoms with Crippen LogP contribution in [0, 0.1) is 5.92 Å². The zero-order chi connectivity index (χ0) is 19.7. The van der Waals surface area contributed by atoms with E-state index in [9.17, 15) is 9.59 Å². The minimum atomic E-state index is -0.343. The second-order valence-electron chi connectivity index (χ2n) is 7.46. The number of carbonyl (C=O) groups is 2. The van der Waals surface area contributed by atoms with Gasteiger partial charge in [-0.1, -0.05) is 66.6 Å². The highest BCUT2D eigenvalue weighted by Crippen LogP contribution is 2.35. The molecule has 1 fully saturated rings. The molecule has 28 heavy (non-hydrogen) atoms. The van der Waals surface area contributed by atoms with Crippen molar-refractivity contribution in [2.45, 2.75) is 44.6 Å². The van der Waals surface area contributed by atoms with Gasteiger partial charge in [0.2, 0.25) is 5.91 Å². The molecule has 8 heteroatoms. The van der Waals surface area contributed by atoms with Gasteiger partial charge < -0.3 is 10.2 Å². The normalized spacial score (nSPS) is 21.0. The van der Waals surface area contributed by atoms with E-state index in [4.69, 9.17) is 23.2 Å². The van der Waals surface area contributed by atoms with Gasteiger partial charge in [0.15, 0.2) is 10.9 Å². The van der Waals surface area contributed by atoms with Crippen LogP contribution in [0.4, 0.5) is 5.13 Å². The highest BCUT2D eigenvalue weighted by atomic mass is 35.5. The van der Waals surface area contributed by atoms with Gasteiger partial charge in [0.25, 0.3) is 0 Å². The van der Waals surface area contributed by atoms with Gasteiger partial charge >= 0.3 is 0 Å². The Morgan fingerprint density at radius 3 is 2.79 bits per heavy atom. The van der Waals surface area contributed by atoms with Crippen molar-refractivity contribution in [2.24, 2.45) is 5.92 Å². The summed E-state index contributed by atoms with van der Waals surface area (Å²) in [5.74, 6) is 0.243. The maximum Gasteiger partial charge on any atom is 0.248 e. The zero-order valence-corrected chi connectivity index (χ0v) is 17.6. The van der Waals surface area contributed by atoms with Gasteiger partial charge in [-0.05, 0) is 30.1 Å². The number of anilines is 1. The monoisotopic (exact) mass is 437 g/mol. The van der Waals surface area contributed by atoms with Crippen molar-refractivity contribution in [2.75, 3.05) is 11.9 Å². The fourth-order valence-electron chi connectivity index (χ4n) is 4.14. The summed E-state index contributed by atoms with van der Waals surface area (Å²) in [7, 11) is 0. The summed E-state index contributed by atoms with van der Waals surface area (Å²) >= 11 is 13.4. The van der Waals surface area contributed by atoms with Crippen LogP contribution in [0.15, 0.2) is 40.7 Å². The number of amides is 1. The summed E-state index contributed by atoms with van der Waals surface area (Å²) in [5.41, 5.74) is 1.70. The minimum absolute atomic E-state index is 0.0980. The molecule has 5 nitrogen and oxygen atoms in total. The van der Waals surface area contributed by atoms with Crippen LogP contribution in [0.5, 0.6) is 0 Å². The molecule has 0 unspecified atom stereocenters. The largest absolute Gasteiger partial charge is 0.361 e. The maximum absolute atomic E-state index is 13.1. The average molecular weight is 438 g/mol. The number of nitrogens with zero attached hydrogens (tertiary/aromatic N) is 2. The van der Waals surface area contributed by atoms with Gasteiger partial charge in [-0.25, -0.2) is 4.98 Å². The zero-order valence-electron chi connectivity index (χ0n) is 15.3. The highest BCUT2D eigenvalue weighted by Gasteiger charge is 2.34. The lowest BCUT2D eigenvalue weighted by atomic mass is 9.84. The number of hydrogen-bond donors (Lipinski definition) is 1. The van der Waals surface area contributed by atoms with E-state index in [0.717, 1.165) is 30.4 Å². The first-order valence-electron chi connectivity index (χ1n) is 9.52. The Bertz CT molecular complexity index is 884. The lowest BCUT2D eigenvalue weighted by Gasteiger charge is -2.31. The summed E-state index contributed by atoms with van der Waals surface area (Å²) in [6.07, 6.45) is 13.5. The summed E-state index contributed by atoms with van der Waals surface area (Å²) < 4.78 is 0.536. The number of rotatable bonds is 5. The second kappa shape index (κ2) is 8.39. The number of carbonyl (C=O) groups excluding carboxylic acids is 2. The number of allylic oxidation sites excluding steroid dienone is 3. The molecule has 0 saturated heterocycles. The molecule has 3 aliphatic rings. The molecule has 1 aliphatic heterocycles. The lowest BCUT2D eigenvalue weighted by Crippen LogP contribution is -2.42. The highest BCUT2D eigenvalue weighted by molar-refractivity contribution is 7.19. The molecule has 0 bridgehead atoms. The number of ketones is 1. The van der Waals surface area contributed by atoms with Gasteiger partial charge in [0.05, 0.1) is 11.2 Å². The Labute approximate surface area is 178 Å². The quantitative estimate of drug-likeness (QED) is 0.710. The first-order chi connectivity index (χ1) is 13.5. The van der Waals surface area contributed by atoms with E-state index in [1.807, 2.05) is 11.1 Å². The van der Waals surface area contributed by atoms with Crippen molar-refractivity contribution in [1.82, 2.24) is 9.88 Å². The van der Waals surface area contributed by atoms with E-state index in [2.05, 4.69) is 10.3 Å². The maximum atomic E-state index is 13.1. The van der Waals surface area contributed by atoms with E-state index in [-0.39, 0.29) is 22.8 Å². The standard InChI is InChI=1S/C20H21Cl2N3O2S/c21-17-9-23-20(28-17)24-19(27)15(8-12-4-2-1-3-5-12)25-10-13-6-7-16(26)18(22)14(13)11-25/h6-7,9-10,12,15H,1-5,8,11H2,(H,23,24,27)/t15-/m0/s1. The van der Waals surface area contributed by atoms with Crippen LogP contribution in [0.1, 0.15) is 38.5 Å². The van der Waals surface area contributed by atoms with Gasteiger partial charge in [0, 0.05) is 18.3 Å². The predicted molar refractivity (Wildman–Crippen MR) is 113 cm³/mol. The Hall–Kier alpha value is -1.63. The SMILES string of the molecule is O=C1C=CC2=CN([C@@H](CC3CCCCC3)C(=O)Nc3ncc(Cl)s3)CC2=C1Cl. The lowest BCUT2D eigenvalue weighted by molar-refractivity contribution is -0.120. The van der Waals surface area contributed by atoms with E-state index < -0.39 is 0 Å². The van der Waals surface area contributed by atoms with E-state index >= 15 is 0 Å². The number of aromatic nitrogens is 1. The Morgan fingerprint density at radius 1 is 1.29 bits per heavy atom. The second-order valence-corrected chi connectivity index (χ2v) is 9.50. The minimum Gasteiger partial charge on any atom is -0.361 e. The molecule has 2 heterocycles. The summed E-state index contributed by atoms with van der Waals surface area (Å²) in [6.45, 7) is 0.466. The van der Waals surface area contributed by atoms with E-state index in [0.29, 0.717) is 21.9 Å². The van der Waals surface area contributed by atoms with Crippen molar-refractivity contribution < 1.29 is 9.59 Å². The third-order valence-electron chi connectivity index (χ3n) is 5.58. The summed E-state index contributed by atoms with van der Waals surface area (Å²) in [6, 6.07) is -0.343. The first kappa shape index (κ1) is 19.7. The number of hydrogen-bond acceptors (Lipinski definition) is 5. The molecule has 1 aromatic rings. The average Bonchev–Trinajstić information content (AvgIpc) is 3.30. The van der Waals surface area contributed by atoms with Crippen LogP contribution >= 0.6 is 34.5 Å². The van der Waals surface area contributed by atoms with Crippen molar-refractivity contribution in [3.8, 4) is 0 Å². The molecule has 2 aliphatic carbocycles. The third kappa shape index (κ3) is 4.19. The molecule has 1 saturated carbocycles. The molecule has 1 aromatic heterocycles. The molecule has 0 aromatic carbocycles. The molecular weight excluding hydrogens is 417 g/mol. The molecular formula is C20H21Cl2N3O2S. The first-order valence-corrected chi connectivity index (χ1v) is 11.1. The van der Waals surface area contributed by atoms with Gasteiger partial charge in [-0.2, -0.15) is 0 Å². The number of thiazole rings is 1. The van der Waals surface area contributed by atoms with Crippen LogP contribution in [-0.2, 0) is 9.59 Å². The molecule has 1 N–H and O–H groups in total. The van der Waals surface area contributed by atoms with Crippen LogP contribution in [0.25, 0.3) is 0 Å². The molecule has 148 valence electrons. The topological polar surface area (TPSA) is 62.3 Å². The van der Waals surface area contributed by atoms with Gasteiger partial charge in [-0.3, -0.25) is 9.59 Å². The fourth-order valence-corrected chi connectivity index (χ4v) is 5.18. The van der Waals surface area contributed by atoms with Crippen molar-refractivity contribution >= 4 is 51.4 Å². The third-order valence-corrected chi connectivity index (χ3v) is 7.03. The van der Waals surface area contributed by atoms with Gasteiger partial charge in [-0.15, -0.1) is 0 Å². The van der Waals surface area contributed by atoms with Crippen molar-refractivity contribution in [1.29, 1.82) is 0 Å². The molecule has 4 rings (SSSR count). The molecule has 0 radical (unpaired) electrons. The van der Waals surface area contributed by atoms with Crippen LogP contribution in [-0.4, -0.2) is 34.2 Å². The van der Waals surface area contributed by atoms with E-state index in [1.54, 1.807) is 6.08 Å². The Balaban J connectivity index is 1.56. The Kier molecular flexibility index (Phi) is 5.90. The van der Waals surface area contributed by atoms with Crippen LogP contribution < -0.4 is 5.32 Å². The number of halogens is 2.